The largest absolute Gasteiger partial charge is 0.456 e. The first kappa shape index (κ1) is 72.2. The summed E-state index contributed by atoms with van der Waals surface area (Å²) < 4.78 is 38.2. The molecule has 26 aromatic rings. The Morgan fingerprint density at radius 1 is 0.175 bits per heavy atom. The molecule has 0 fully saturated rings. The van der Waals surface area contributed by atoms with Crippen molar-refractivity contribution in [1.82, 2.24) is 0 Å². The van der Waals surface area contributed by atoms with Gasteiger partial charge in [0.1, 0.15) is 67.0 Å². The fourth-order valence-electron chi connectivity index (χ4n) is 19.8. The number of rotatable bonds is 10. The third-order valence-corrected chi connectivity index (χ3v) is 25.7. The van der Waals surface area contributed by atoms with E-state index < -0.39 is 0 Å². The minimum absolute atomic E-state index is 0.0982. The van der Waals surface area contributed by atoms with Crippen molar-refractivity contribution in [2.24, 2.45) is 0 Å². The van der Waals surface area contributed by atoms with Gasteiger partial charge in [0.15, 0.2) is 0 Å². The molecule has 0 saturated heterocycles. The number of furan rings is 6. The Hall–Kier alpha value is -16.6. The lowest BCUT2D eigenvalue weighted by Gasteiger charge is -2.28. The van der Waals surface area contributed by atoms with Gasteiger partial charge in [0.2, 0.25) is 0 Å². The zero-order valence-corrected chi connectivity index (χ0v) is 68.6. The molecule has 27 rings (SSSR count). The molecule has 9 heteroatoms. The number of para-hydroxylation sites is 5. The van der Waals surface area contributed by atoms with Crippen LogP contribution in [0.2, 0.25) is 0 Å². The highest BCUT2D eigenvalue weighted by atomic mass is 16.3. The molecule has 0 atom stereocenters. The summed E-state index contributed by atoms with van der Waals surface area (Å²) in [5.74, 6) is 0. The molecule has 0 aliphatic heterocycles. The minimum atomic E-state index is -0.0982. The van der Waals surface area contributed by atoms with Crippen molar-refractivity contribution in [2.45, 2.75) is 19.3 Å². The Bertz CT molecular complexity index is 8670. The second kappa shape index (κ2) is 28.8. The maximum atomic E-state index is 6.60. The molecule has 9 nitrogen and oxygen atoms in total. The molecule has 0 spiro atoms. The monoisotopic (exact) mass is 1620 g/mol. The maximum Gasteiger partial charge on any atom is 0.137 e. The summed E-state index contributed by atoms with van der Waals surface area (Å²) in [5.41, 5.74) is 27.5. The normalized spacial score (nSPS) is 12.4. The third kappa shape index (κ3) is 11.8. The van der Waals surface area contributed by atoms with Crippen molar-refractivity contribution >= 4 is 215 Å². The van der Waals surface area contributed by atoms with Crippen LogP contribution in [0.4, 0.5) is 51.2 Å². The van der Waals surface area contributed by atoms with E-state index in [9.17, 15) is 0 Å². The molecule has 20 aromatic carbocycles. The lowest BCUT2D eigenvalue weighted by molar-refractivity contribution is 0.660. The molecule has 0 saturated carbocycles. The SMILES string of the molecule is CC1(C)c2ccccc2-c2c(N(c3ccc4c(c3)oc3ccccc34)c3ccc4c(c3)oc3ccccc34)cccc21.c1ccc(-c2ccc3c(c2)oc2cc(N(c4ccc5c(c4)oc4ccccc45)c4cc5ccccc5c5ccccc45)ccc23)cc1.c1ccc2c(N(c3ccc4c(c3)oc3ccccc34)c3ccc4c(c3)oc3ccccc34)cccc2c1. The highest BCUT2D eigenvalue weighted by Crippen LogP contribution is 2.56. The zero-order valence-electron chi connectivity index (χ0n) is 68.6. The van der Waals surface area contributed by atoms with Gasteiger partial charge in [-0.1, -0.05) is 263 Å². The Morgan fingerprint density at radius 3 is 0.937 bits per heavy atom. The molecular weight excluding hydrogens is 1540 g/mol. The van der Waals surface area contributed by atoms with Crippen LogP contribution >= 0.6 is 0 Å². The molecule has 0 N–H and O–H groups in total. The predicted octanol–water partition coefficient (Wildman–Crippen LogP) is 34.3. The van der Waals surface area contributed by atoms with Crippen molar-refractivity contribution in [1.29, 1.82) is 0 Å². The van der Waals surface area contributed by atoms with E-state index in [2.05, 4.69) is 380 Å². The summed E-state index contributed by atoms with van der Waals surface area (Å²) in [6.45, 7) is 4.65. The number of anilines is 9. The van der Waals surface area contributed by atoms with Crippen LogP contribution in [-0.4, -0.2) is 0 Å². The summed E-state index contributed by atoms with van der Waals surface area (Å²) in [6, 6.07) is 147. The van der Waals surface area contributed by atoms with E-state index in [1.54, 1.807) is 0 Å². The molecule has 1 aliphatic rings. The Morgan fingerprint density at radius 2 is 0.476 bits per heavy atom. The molecule has 0 bridgehead atoms. The third-order valence-electron chi connectivity index (χ3n) is 25.7. The molecule has 1 aliphatic carbocycles. The van der Waals surface area contributed by atoms with Gasteiger partial charge in [-0.3, -0.25) is 0 Å². The van der Waals surface area contributed by atoms with Gasteiger partial charge in [-0.25, -0.2) is 0 Å². The molecule has 6 aromatic heterocycles. The average Bonchev–Trinajstić information content (AvgIpc) is 1.44. The van der Waals surface area contributed by atoms with Gasteiger partial charge in [-0.15, -0.1) is 0 Å². The fourth-order valence-corrected chi connectivity index (χ4v) is 19.8. The van der Waals surface area contributed by atoms with Crippen molar-refractivity contribution in [3.8, 4) is 22.3 Å². The van der Waals surface area contributed by atoms with Gasteiger partial charge in [0.05, 0.1) is 17.1 Å². The minimum Gasteiger partial charge on any atom is -0.456 e. The first-order valence-corrected chi connectivity index (χ1v) is 42.8. The molecule has 0 amide bonds. The van der Waals surface area contributed by atoms with Crippen LogP contribution in [0.5, 0.6) is 0 Å². The number of fused-ring (bicyclic) bond motifs is 25. The van der Waals surface area contributed by atoms with Gasteiger partial charge < -0.3 is 41.2 Å². The lowest BCUT2D eigenvalue weighted by atomic mass is 9.82. The predicted molar refractivity (Wildman–Crippen MR) is 523 cm³/mol. The van der Waals surface area contributed by atoms with Crippen molar-refractivity contribution in [3.63, 3.8) is 0 Å². The van der Waals surface area contributed by atoms with Gasteiger partial charge in [-0.2, -0.15) is 0 Å². The lowest BCUT2D eigenvalue weighted by Crippen LogP contribution is -2.16. The Labute approximate surface area is 722 Å². The Balaban J connectivity index is 0.000000104. The van der Waals surface area contributed by atoms with E-state index in [0.29, 0.717) is 0 Å². The molecule has 6 heterocycles. The van der Waals surface area contributed by atoms with Gasteiger partial charge in [0, 0.05) is 157 Å². The van der Waals surface area contributed by atoms with Gasteiger partial charge in [0.25, 0.3) is 0 Å². The smallest absolute Gasteiger partial charge is 0.137 e. The zero-order chi connectivity index (χ0) is 83.2. The molecule has 0 radical (unpaired) electrons. The standard InChI is InChI=1S/C44H27NO2.C39H27NO2.C34H21NO2/c1-2-10-28(11-3-1)29-18-21-37-39-23-20-32(27-44(39)47-42(37)25-29)45(31-19-22-38-36-16-8-9-17-41(36)46-43(38)26-31)40-24-30-12-4-5-13-33(30)34-14-6-7-15-35(34)40;1-39(2)31-13-6-3-12-30(31)38-32(39)14-9-15-33(38)40(24-18-20-28-26-10-4-7-16-34(26)41-36(28)22-24)25-19-21-29-27-11-5-8-17-35(27)42-37(29)23-25;1-2-10-25-22(8-1)9-7-13-30(25)35(23-16-18-28-26-11-3-5-14-31(26)36-33(28)20-23)24-17-19-29-27-12-4-6-15-32(27)37-34(29)21-24/h1-27H;3-23H,1-2H3;1-21H. The van der Waals surface area contributed by atoms with E-state index in [4.69, 9.17) is 26.5 Å². The molecular formula is C117H75N3O6. The summed E-state index contributed by atoms with van der Waals surface area (Å²) in [5, 5.41) is 20.6. The number of benzene rings is 20. The van der Waals surface area contributed by atoms with Crippen molar-refractivity contribution in [2.75, 3.05) is 14.7 Å². The highest BCUT2D eigenvalue weighted by Gasteiger charge is 2.38. The van der Waals surface area contributed by atoms with Crippen molar-refractivity contribution in [3.05, 3.63) is 430 Å². The van der Waals surface area contributed by atoms with E-state index >= 15 is 0 Å². The number of nitrogens with zero attached hydrogens (tertiary/aromatic N) is 3. The second-order valence-electron chi connectivity index (χ2n) is 33.3. The number of hydrogen-bond acceptors (Lipinski definition) is 9. The van der Waals surface area contributed by atoms with Gasteiger partial charge >= 0.3 is 0 Å². The van der Waals surface area contributed by atoms with Crippen LogP contribution < -0.4 is 14.7 Å². The summed E-state index contributed by atoms with van der Waals surface area (Å²) in [4.78, 5) is 6.99. The summed E-state index contributed by atoms with van der Waals surface area (Å²) in [7, 11) is 0. The van der Waals surface area contributed by atoms with Crippen LogP contribution in [0.15, 0.2) is 445 Å². The second-order valence-corrected chi connectivity index (χ2v) is 33.3. The van der Waals surface area contributed by atoms with Crippen LogP contribution in [0.1, 0.15) is 25.0 Å². The average molecular weight is 1620 g/mol. The van der Waals surface area contributed by atoms with E-state index in [1.165, 1.54) is 60.1 Å². The first-order chi connectivity index (χ1) is 62.2. The van der Waals surface area contributed by atoms with Crippen LogP contribution in [0.25, 0.3) is 186 Å². The Kier molecular flexibility index (Phi) is 16.5. The molecule has 126 heavy (non-hydrogen) atoms. The van der Waals surface area contributed by atoms with Crippen LogP contribution in [0.3, 0.4) is 0 Å². The van der Waals surface area contributed by atoms with Crippen LogP contribution in [-0.2, 0) is 5.41 Å². The quantitative estimate of drug-likeness (QED) is 0.124. The summed E-state index contributed by atoms with van der Waals surface area (Å²) >= 11 is 0. The van der Waals surface area contributed by atoms with E-state index in [1.807, 2.05) is 66.7 Å². The molecule has 594 valence electrons. The van der Waals surface area contributed by atoms with E-state index in [-0.39, 0.29) is 5.41 Å². The molecule has 0 unspecified atom stereocenters. The number of hydrogen-bond donors (Lipinski definition) is 0. The van der Waals surface area contributed by atoms with Crippen molar-refractivity contribution < 1.29 is 26.5 Å². The maximum absolute atomic E-state index is 6.60. The fraction of sp³-hybridized carbons (Fsp3) is 0.0256. The highest BCUT2D eigenvalue weighted by molar-refractivity contribution is 6.18. The first-order valence-electron chi connectivity index (χ1n) is 42.8. The summed E-state index contributed by atoms with van der Waals surface area (Å²) in [6.07, 6.45) is 0. The topological polar surface area (TPSA) is 88.6 Å². The van der Waals surface area contributed by atoms with E-state index in [0.717, 1.165) is 188 Å². The van der Waals surface area contributed by atoms with Gasteiger partial charge in [-0.05, 0) is 183 Å². The van der Waals surface area contributed by atoms with Crippen LogP contribution in [0, 0.1) is 0 Å².